The van der Waals surface area contributed by atoms with E-state index in [4.69, 9.17) is 17.3 Å². The molecule has 2 amide bonds. The van der Waals surface area contributed by atoms with Crippen molar-refractivity contribution in [3.05, 3.63) is 41.0 Å². The summed E-state index contributed by atoms with van der Waals surface area (Å²) >= 11 is 5.82. The summed E-state index contributed by atoms with van der Waals surface area (Å²) in [5, 5.41) is 8.93. The van der Waals surface area contributed by atoms with E-state index in [-0.39, 0.29) is 23.2 Å². The molecule has 0 aliphatic heterocycles. The van der Waals surface area contributed by atoms with Crippen LogP contribution in [0.15, 0.2) is 30.3 Å². The number of nitrogens with one attached hydrogen (secondary N) is 3. The molecule has 0 unspecified atom stereocenters. The maximum absolute atomic E-state index is 11.6. The van der Waals surface area contributed by atoms with Crippen molar-refractivity contribution in [2.24, 2.45) is 0 Å². The number of halogens is 1. The van der Waals surface area contributed by atoms with Gasteiger partial charge in [0.1, 0.15) is 11.0 Å². The van der Waals surface area contributed by atoms with Crippen LogP contribution in [-0.4, -0.2) is 22.0 Å². The van der Waals surface area contributed by atoms with E-state index < -0.39 is 0 Å². The van der Waals surface area contributed by atoms with Gasteiger partial charge >= 0.3 is 6.03 Å². The van der Waals surface area contributed by atoms with Crippen LogP contribution in [-0.2, 0) is 6.54 Å². The zero-order chi connectivity index (χ0) is 16.8. The van der Waals surface area contributed by atoms with Crippen LogP contribution in [0.25, 0.3) is 0 Å². The molecule has 23 heavy (non-hydrogen) atoms. The molecule has 0 aliphatic carbocycles. The molecule has 2 aromatic rings. The molecule has 1 aromatic carbocycles. The minimum absolute atomic E-state index is 0.0885. The number of carbonyl (C=O) groups excluding carboxylic acids is 1. The third-order valence-electron chi connectivity index (χ3n) is 2.82. The summed E-state index contributed by atoms with van der Waals surface area (Å²) in [4.78, 5) is 19.4. The Labute approximate surface area is 139 Å². The molecule has 1 heterocycles. The Morgan fingerprint density at radius 2 is 1.96 bits per heavy atom. The molecule has 0 radical (unpaired) electrons. The molecule has 8 heteroatoms. The van der Waals surface area contributed by atoms with Crippen molar-refractivity contribution in [3.8, 4) is 0 Å². The van der Waals surface area contributed by atoms with Crippen molar-refractivity contribution in [2.75, 3.05) is 16.4 Å². The zero-order valence-electron chi connectivity index (χ0n) is 12.9. The van der Waals surface area contributed by atoms with Crippen LogP contribution < -0.4 is 21.7 Å². The van der Waals surface area contributed by atoms with Crippen LogP contribution in [0.2, 0.25) is 5.15 Å². The van der Waals surface area contributed by atoms with Crippen molar-refractivity contribution in [2.45, 2.75) is 26.4 Å². The van der Waals surface area contributed by atoms with Crippen LogP contribution in [0.5, 0.6) is 0 Å². The summed E-state index contributed by atoms with van der Waals surface area (Å²) in [5.41, 5.74) is 7.28. The van der Waals surface area contributed by atoms with Gasteiger partial charge in [-0.2, -0.15) is 4.98 Å². The van der Waals surface area contributed by atoms with Crippen LogP contribution in [0.3, 0.4) is 0 Å². The van der Waals surface area contributed by atoms with E-state index in [2.05, 4.69) is 25.9 Å². The molecule has 0 aliphatic rings. The van der Waals surface area contributed by atoms with Crippen LogP contribution >= 0.6 is 11.6 Å². The van der Waals surface area contributed by atoms with Crippen molar-refractivity contribution >= 4 is 35.1 Å². The lowest BCUT2D eigenvalue weighted by Crippen LogP contribution is -2.34. The second kappa shape index (κ2) is 7.64. The molecule has 0 spiro atoms. The predicted octanol–water partition coefficient (Wildman–Crippen LogP) is 2.85. The van der Waals surface area contributed by atoms with E-state index in [0.717, 1.165) is 11.3 Å². The number of amides is 2. The second-order valence-corrected chi connectivity index (χ2v) is 5.62. The van der Waals surface area contributed by atoms with Gasteiger partial charge in [0.25, 0.3) is 0 Å². The summed E-state index contributed by atoms with van der Waals surface area (Å²) in [6.45, 7) is 4.35. The average molecular weight is 335 g/mol. The maximum Gasteiger partial charge on any atom is 0.319 e. The number of benzene rings is 1. The highest BCUT2D eigenvalue weighted by Gasteiger charge is 2.04. The first-order valence-corrected chi connectivity index (χ1v) is 7.50. The number of hydrogen-bond acceptors (Lipinski definition) is 5. The standard InChI is InChI=1S/C15H19ClN6O/c1-9(2)19-15(23)20-11-5-3-10(4-6-11)8-18-13-7-12(16)21-14(17)22-13/h3-7,9H,8H2,1-2H3,(H2,19,20,23)(H3,17,18,21,22). The summed E-state index contributed by atoms with van der Waals surface area (Å²) in [6, 6.07) is 8.94. The number of nitrogens with two attached hydrogens (primary N) is 1. The Hall–Kier alpha value is -2.54. The summed E-state index contributed by atoms with van der Waals surface area (Å²) < 4.78 is 0. The van der Waals surface area contributed by atoms with Gasteiger partial charge in [0.2, 0.25) is 5.95 Å². The molecule has 0 fully saturated rings. The molecule has 0 bridgehead atoms. The highest BCUT2D eigenvalue weighted by Crippen LogP contribution is 2.15. The molecular formula is C15H19ClN6O. The number of hydrogen-bond donors (Lipinski definition) is 4. The Morgan fingerprint density at radius 3 is 2.57 bits per heavy atom. The quantitative estimate of drug-likeness (QED) is 0.629. The number of carbonyl (C=O) groups is 1. The lowest BCUT2D eigenvalue weighted by atomic mass is 10.2. The van der Waals surface area contributed by atoms with Crippen LogP contribution in [0.4, 0.5) is 22.2 Å². The van der Waals surface area contributed by atoms with Gasteiger partial charge < -0.3 is 21.7 Å². The van der Waals surface area contributed by atoms with Crippen molar-refractivity contribution < 1.29 is 4.79 Å². The Balaban J connectivity index is 1.91. The highest BCUT2D eigenvalue weighted by molar-refractivity contribution is 6.29. The zero-order valence-corrected chi connectivity index (χ0v) is 13.7. The molecule has 0 saturated carbocycles. The Morgan fingerprint density at radius 1 is 1.26 bits per heavy atom. The van der Waals surface area contributed by atoms with Gasteiger partial charge in [0, 0.05) is 24.3 Å². The van der Waals surface area contributed by atoms with Crippen molar-refractivity contribution in [1.29, 1.82) is 0 Å². The van der Waals surface area contributed by atoms with Gasteiger partial charge in [-0.3, -0.25) is 0 Å². The molecular weight excluding hydrogens is 316 g/mol. The van der Waals surface area contributed by atoms with Crippen LogP contribution in [0.1, 0.15) is 19.4 Å². The normalized spacial score (nSPS) is 10.4. The summed E-state index contributed by atoms with van der Waals surface area (Å²) in [6.07, 6.45) is 0. The molecule has 1 aromatic heterocycles. The van der Waals surface area contributed by atoms with Crippen LogP contribution in [0, 0.1) is 0 Å². The number of aromatic nitrogens is 2. The fourth-order valence-electron chi connectivity index (χ4n) is 1.85. The topological polar surface area (TPSA) is 105 Å². The summed E-state index contributed by atoms with van der Waals surface area (Å²) in [7, 11) is 0. The first kappa shape index (κ1) is 16.8. The maximum atomic E-state index is 11.6. The molecule has 5 N–H and O–H groups in total. The predicted molar refractivity (Wildman–Crippen MR) is 92.5 cm³/mol. The minimum atomic E-state index is -0.225. The van der Waals surface area contributed by atoms with Gasteiger partial charge in [-0.25, -0.2) is 9.78 Å². The fourth-order valence-corrected chi connectivity index (χ4v) is 2.04. The molecule has 0 saturated heterocycles. The average Bonchev–Trinajstić information content (AvgIpc) is 2.44. The van der Waals surface area contributed by atoms with Crippen molar-refractivity contribution in [3.63, 3.8) is 0 Å². The van der Waals surface area contributed by atoms with E-state index in [1.807, 2.05) is 38.1 Å². The largest absolute Gasteiger partial charge is 0.368 e. The third-order valence-corrected chi connectivity index (χ3v) is 3.01. The number of nitrogen functional groups attached to an aromatic ring is 1. The lowest BCUT2D eigenvalue weighted by Gasteiger charge is -2.11. The monoisotopic (exact) mass is 334 g/mol. The fraction of sp³-hybridized carbons (Fsp3) is 0.267. The molecule has 0 atom stereocenters. The summed E-state index contributed by atoms with van der Waals surface area (Å²) in [5.74, 6) is 0.678. The second-order valence-electron chi connectivity index (χ2n) is 5.24. The van der Waals surface area contributed by atoms with E-state index in [9.17, 15) is 4.79 Å². The van der Waals surface area contributed by atoms with E-state index >= 15 is 0 Å². The molecule has 2 rings (SSSR count). The Bertz CT molecular complexity index is 654. The van der Waals surface area contributed by atoms with Crippen molar-refractivity contribution in [1.82, 2.24) is 15.3 Å². The SMILES string of the molecule is CC(C)NC(=O)Nc1ccc(CNc2cc(Cl)nc(N)n2)cc1. The number of urea groups is 1. The number of nitrogens with zero attached hydrogens (tertiary/aromatic N) is 2. The number of rotatable bonds is 5. The first-order valence-electron chi connectivity index (χ1n) is 7.13. The molecule has 7 nitrogen and oxygen atoms in total. The van der Waals surface area contributed by atoms with Gasteiger partial charge in [-0.15, -0.1) is 0 Å². The van der Waals surface area contributed by atoms with Gasteiger partial charge in [0.05, 0.1) is 0 Å². The smallest absolute Gasteiger partial charge is 0.319 e. The first-order chi connectivity index (χ1) is 10.9. The lowest BCUT2D eigenvalue weighted by molar-refractivity contribution is 0.250. The van der Waals surface area contributed by atoms with Gasteiger partial charge in [-0.05, 0) is 31.5 Å². The van der Waals surface area contributed by atoms with Gasteiger partial charge in [0.15, 0.2) is 0 Å². The Kier molecular flexibility index (Phi) is 5.59. The highest BCUT2D eigenvalue weighted by atomic mass is 35.5. The minimum Gasteiger partial charge on any atom is -0.368 e. The van der Waals surface area contributed by atoms with E-state index in [1.165, 1.54) is 0 Å². The van der Waals surface area contributed by atoms with E-state index in [1.54, 1.807) is 6.07 Å². The third kappa shape index (κ3) is 5.63. The number of anilines is 3. The molecule has 122 valence electrons. The van der Waals surface area contributed by atoms with E-state index in [0.29, 0.717) is 12.4 Å². The van der Waals surface area contributed by atoms with Gasteiger partial charge in [-0.1, -0.05) is 23.7 Å².